The molecule has 0 fully saturated rings. The van der Waals surface area contributed by atoms with Crippen LogP contribution in [0.4, 0.5) is 10.1 Å². The van der Waals surface area contributed by atoms with E-state index in [1.165, 1.54) is 6.07 Å². The molecule has 0 atom stereocenters. The molecule has 0 aliphatic rings. The van der Waals surface area contributed by atoms with E-state index in [2.05, 4.69) is 4.98 Å². The molecule has 0 aliphatic heterocycles. The van der Waals surface area contributed by atoms with E-state index in [0.29, 0.717) is 66.6 Å². The maximum absolute atomic E-state index is 14.7. The van der Waals surface area contributed by atoms with E-state index in [-0.39, 0.29) is 29.5 Å². The third-order valence-electron chi connectivity index (χ3n) is 5.76. The Labute approximate surface area is 192 Å². The average Bonchev–Trinajstić information content (AvgIpc) is 3.29. The van der Waals surface area contributed by atoms with Gasteiger partial charge in [0.05, 0.1) is 11.2 Å². The zero-order valence-corrected chi connectivity index (χ0v) is 20.5. The highest BCUT2D eigenvalue weighted by molar-refractivity contribution is 7.59. The topological polar surface area (TPSA) is 135 Å². The van der Waals surface area contributed by atoms with Crippen LogP contribution in [-0.4, -0.2) is 31.1 Å². The molecular weight excluding hydrogens is 448 g/mol. The number of hydrogen-bond acceptors (Lipinski definition) is 5. The number of hydrogen-bond donors (Lipinski definition) is 4. The van der Waals surface area contributed by atoms with Gasteiger partial charge in [-0.1, -0.05) is 27.7 Å². The van der Waals surface area contributed by atoms with Crippen LogP contribution in [-0.2, 0) is 30.4 Å². The van der Waals surface area contributed by atoms with E-state index in [4.69, 9.17) is 15.3 Å². The summed E-state index contributed by atoms with van der Waals surface area (Å²) < 4.78 is 34.6. The van der Waals surface area contributed by atoms with Gasteiger partial charge in [0, 0.05) is 24.3 Å². The maximum Gasteiger partial charge on any atom is 0.391 e. The van der Waals surface area contributed by atoms with Crippen LogP contribution in [0.2, 0.25) is 0 Å². The van der Waals surface area contributed by atoms with Gasteiger partial charge in [0.15, 0.2) is 11.6 Å². The number of aliphatic hydroxyl groups excluding tert-OH is 1. The molecule has 0 bridgehead atoms. The van der Waals surface area contributed by atoms with Crippen molar-refractivity contribution >= 4 is 29.8 Å². The number of anilines is 1. The van der Waals surface area contributed by atoms with Crippen molar-refractivity contribution in [2.75, 3.05) is 12.3 Å². The molecule has 2 aromatic heterocycles. The van der Waals surface area contributed by atoms with E-state index >= 15 is 0 Å². The summed E-state index contributed by atoms with van der Waals surface area (Å²) in [6.45, 7) is 8.36. The maximum atomic E-state index is 14.7. The third kappa shape index (κ3) is 4.87. The number of benzene rings is 1. The summed E-state index contributed by atoms with van der Waals surface area (Å²) >= 11 is 0. The Morgan fingerprint density at radius 3 is 2.42 bits per heavy atom. The summed E-state index contributed by atoms with van der Waals surface area (Å²) in [5, 5.41) is 9.17. The molecule has 33 heavy (non-hydrogen) atoms. The molecule has 0 saturated heterocycles. The predicted octanol–water partition coefficient (Wildman–Crippen LogP) is 3.92. The smallest absolute Gasteiger partial charge is 0.391 e. The lowest BCUT2D eigenvalue weighted by Crippen LogP contribution is -2.08. The van der Waals surface area contributed by atoms with Gasteiger partial charge >= 0.3 is 7.60 Å². The first-order chi connectivity index (χ1) is 15.5. The second-order valence-corrected chi connectivity index (χ2v) is 10.2. The number of nitrogens with zero attached hydrogens (tertiary/aromatic N) is 2. The SMILES string of the molecule is CCc1c(-c2nc3c(N)c(F)cc(CCCCO)c3n2CC(C)C)oc(P(=O)(O)O)c1CC. The number of aryl methyl sites for hydroxylation is 1. The molecule has 182 valence electrons. The molecule has 0 saturated carbocycles. The molecule has 0 radical (unpaired) electrons. The summed E-state index contributed by atoms with van der Waals surface area (Å²) in [6.07, 6.45) is 2.66. The number of halogens is 1. The number of rotatable bonds is 10. The summed E-state index contributed by atoms with van der Waals surface area (Å²) in [5.41, 5.74) is 8.54. The van der Waals surface area contributed by atoms with Gasteiger partial charge in [0.25, 0.3) is 0 Å². The summed E-state index contributed by atoms with van der Waals surface area (Å²) in [5.74, 6) is 0.295. The quantitative estimate of drug-likeness (QED) is 0.196. The Hall–Kier alpha value is -2.19. The molecule has 0 spiro atoms. The Bertz CT molecular complexity index is 1200. The number of aliphatic hydroxyl groups is 1. The Morgan fingerprint density at radius 2 is 1.88 bits per heavy atom. The van der Waals surface area contributed by atoms with Crippen molar-refractivity contribution in [2.45, 2.75) is 66.3 Å². The van der Waals surface area contributed by atoms with Crippen molar-refractivity contribution in [2.24, 2.45) is 5.92 Å². The first-order valence-corrected chi connectivity index (χ1v) is 12.9. The van der Waals surface area contributed by atoms with Gasteiger partial charge in [0.2, 0.25) is 5.50 Å². The van der Waals surface area contributed by atoms with Crippen molar-refractivity contribution in [1.29, 1.82) is 0 Å². The van der Waals surface area contributed by atoms with E-state index < -0.39 is 13.4 Å². The minimum absolute atomic E-state index is 0.0499. The zero-order chi connectivity index (χ0) is 24.5. The number of fused-ring (bicyclic) bond motifs is 1. The number of nitrogen functional groups attached to an aromatic ring is 1. The first-order valence-electron chi connectivity index (χ1n) is 11.3. The molecule has 2 heterocycles. The molecule has 0 unspecified atom stereocenters. The van der Waals surface area contributed by atoms with Crippen LogP contribution in [0.25, 0.3) is 22.6 Å². The predicted molar refractivity (Wildman–Crippen MR) is 127 cm³/mol. The molecule has 1 aromatic carbocycles. The van der Waals surface area contributed by atoms with Crippen molar-refractivity contribution in [3.8, 4) is 11.6 Å². The van der Waals surface area contributed by atoms with Crippen LogP contribution in [0.5, 0.6) is 0 Å². The number of unbranched alkanes of at least 4 members (excludes halogenated alkanes) is 1. The molecule has 3 aromatic rings. The number of imidazole rings is 1. The Kier molecular flexibility index (Phi) is 7.69. The van der Waals surface area contributed by atoms with Gasteiger partial charge in [-0.25, -0.2) is 9.37 Å². The van der Waals surface area contributed by atoms with E-state index in [0.717, 1.165) is 5.56 Å². The monoisotopic (exact) mass is 481 g/mol. The van der Waals surface area contributed by atoms with Gasteiger partial charge in [-0.05, 0) is 49.7 Å². The number of aromatic nitrogens is 2. The molecule has 5 N–H and O–H groups in total. The van der Waals surface area contributed by atoms with Crippen molar-refractivity contribution in [3.63, 3.8) is 0 Å². The fraction of sp³-hybridized carbons (Fsp3) is 0.522. The van der Waals surface area contributed by atoms with E-state index in [1.54, 1.807) is 0 Å². The van der Waals surface area contributed by atoms with Crippen LogP contribution in [0, 0.1) is 11.7 Å². The van der Waals surface area contributed by atoms with Crippen LogP contribution in [0.15, 0.2) is 10.5 Å². The number of furan rings is 1. The van der Waals surface area contributed by atoms with Gasteiger partial charge in [-0.15, -0.1) is 0 Å². The molecule has 8 nitrogen and oxygen atoms in total. The average molecular weight is 482 g/mol. The van der Waals surface area contributed by atoms with Crippen LogP contribution in [0.1, 0.15) is 57.2 Å². The van der Waals surface area contributed by atoms with Gasteiger partial charge < -0.3 is 29.6 Å². The Balaban J connectivity index is 2.39. The molecule has 10 heteroatoms. The first kappa shape index (κ1) is 25.4. The molecule has 3 rings (SSSR count). The van der Waals surface area contributed by atoms with E-state index in [9.17, 15) is 18.7 Å². The second-order valence-electron chi connectivity index (χ2n) is 8.69. The summed E-state index contributed by atoms with van der Waals surface area (Å²) in [7, 11) is -4.65. The van der Waals surface area contributed by atoms with Gasteiger partial charge in [-0.3, -0.25) is 4.57 Å². The lowest BCUT2D eigenvalue weighted by atomic mass is 10.0. The van der Waals surface area contributed by atoms with Gasteiger partial charge in [0.1, 0.15) is 11.3 Å². The normalized spacial score (nSPS) is 12.4. The van der Waals surface area contributed by atoms with Crippen molar-refractivity contribution < 1.29 is 28.3 Å². The van der Waals surface area contributed by atoms with E-state index in [1.807, 2.05) is 32.3 Å². The second kappa shape index (κ2) is 9.97. The number of nitrogens with two attached hydrogens (primary N) is 1. The fourth-order valence-corrected chi connectivity index (χ4v) is 5.21. The highest BCUT2D eigenvalue weighted by Crippen LogP contribution is 2.42. The zero-order valence-electron chi connectivity index (χ0n) is 19.6. The molecular formula is C23H33FN3O5P. The van der Waals surface area contributed by atoms with Crippen molar-refractivity contribution in [1.82, 2.24) is 9.55 Å². The largest absolute Gasteiger partial charge is 0.444 e. The summed E-state index contributed by atoms with van der Waals surface area (Å²) in [6, 6.07) is 1.42. The highest BCUT2D eigenvalue weighted by atomic mass is 31.2. The molecule has 0 aliphatic carbocycles. The van der Waals surface area contributed by atoms with Crippen LogP contribution in [0.3, 0.4) is 0 Å². The molecule has 0 amide bonds. The summed E-state index contributed by atoms with van der Waals surface area (Å²) in [4.78, 5) is 24.4. The Morgan fingerprint density at radius 1 is 1.21 bits per heavy atom. The minimum Gasteiger partial charge on any atom is -0.444 e. The third-order valence-corrected chi connectivity index (χ3v) is 6.65. The lowest BCUT2D eigenvalue weighted by molar-refractivity contribution is 0.284. The standard InChI is InChI=1S/C23H33FN3O5P/c1-5-15-16(6-2)23(33(29,30)31)32-21(15)22-26-19-18(25)17(24)11-14(9-7-8-10-28)20(19)27(22)12-13(3)4/h11,13,28H,5-10,12,25H2,1-4H3,(H2,29,30,31). The highest BCUT2D eigenvalue weighted by Gasteiger charge is 2.33. The lowest BCUT2D eigenvalue weighted by Gasteiger charge is -2.14. The van der Waals surface area contributed by atoms with Crippen LogP contribution < -0.4 is 11.2 Å². The van der Waals surface area contributed by atoms with Gasteiger partial charge in [-0.2, -0.15) is 0 Å². The fourth-order valence-electron chi connectivity index (χ4n) is 4.35. The van der Waals surface area contributed by atoms with Crippen molar-refractivity contribution in [3.05, 3.63) is 28.6 Å². The minimum atomic E-state index is -4.65. The van der Waals surface area contributed by atoms with Crippen LogP contribution >= 0.6 is 7.60 Å².